The predicted octanol–water partition coefficient (Wildman–Crippen LogP) is 1.66. The Labute approximate surface area is 113 Å². The molecule has 3 nitrogen and oxygen atoms in total. The van der Waals surface area contributed by atoms with Gasteiger partial charge in [0.2, 0.25) is 0 Å². The van der Waals surface area contributed by atoms with Crippen molar-refractivity contribution >= 4 is 27.0 Å². The van der Waals surface area contributed by atoms with Gasteiger partial charge in [0.05, 0.1) is 10.2 Å². The van der Waals surface area contributed by atoms with Crippen LogP contribution in [0.1, 0.15) is 24.0 Å². The summed E-state index contributed by atoms with van der Waals surface area (Å²) in [6.45, 7) is 2.09. The number of sulfone groups is 1. The Bertz CT molecular complexity index is 563. The number of benzene rings is 1. The van der Waals surface area contributed by atoms with Crippen LogP contribution in [0.15, 0.2) is 24.3 Å². The van der Waals surface area contributed by atoms with Crippen molar-refractivity contribution in [3.63, 3.8) is 0 Å². The first kappa shape index (κ1) is 13.5. The molecular weight excluding hydrogens is 266 g/mol. The maximum atomic E-state index is 11.7. The first-order chi connectivity index (χ1) is 8.36. The van der Waals surface area contributed by atoms with E-state index in [2.05, 4.69) is 6.92 Å². The van der Waals surface area contributed by atoms with Gasteiger partial charge < -0.3 is 5.73 Å². The Kier molecular flexibility index (Phi) is 3.47. The van der Waals surface area contributed by atoms with E-state index in [1.807, 2.05) is 24.3 Å². The van der Waals surface area contributed by atoms with E-state index in [9.17, 15) is 8.42 Å². The lowest BCUT2D eigenvalue weighted by Crippen LogP contribution is -2.16. The van der Waals surface area contributed by atoms with Gasteiger partial charge in [0.15, 0.2) is 9.84 Å². The lowest BCUT2D eigenvalue weighted by molar-refractivity contribution is 0.599. The number of nitrogens with two attached hydrogens (primary N) is 1. The Morgan fingerprint density at radius 3 is 2.22 bits per heavy atom. The molecule has 0 radical (unpaired) electrons. The van der Waals surface area contributed by atoms with Crippen molar-refractivity contribution in [3.05, 3.63) is 35.4 Å². The maximum absolute atomic E-state index is 11.7. The number of hydrogen-bond donors (Lipinski definition) is 1. The molecule has 3 atom stereocenters. The molecule has 1 aliphatic rings. The fourth-order valence-corrected chi connectivity index (χ4v) is 4.52. The Hall–Kier alpha value is -0.940. The van der Waals surface area contributed by atoms with Crippen molar-refractivity contribution in [2.24, 2.45) is 11.7 Å². The molecule has 0 unspecified atom stereocenters. The lowest BCUT2D eigenvalue weighted by Gasteiger charge is -2.01. The summed E-state index contributed by atoms with van der Waals surface area (Å²) in [5.41, 5.74) is 7.89. The molecule has 1 fully saturated rings. The third-order valence-corrected chi connectivity index (χ3v) is 5.40. The van der Waals surface area contributed by atoms with E-state index in [4.69, 9.17) is 18.0 Å². The fourth-order valence-electron chi connectivity index (χ4n) is 2.53. The molecule has 2 N–H and O–H groups in total. The van der Waals surface area contributed by atoms with Crippen LogP contribution in [0.3, 0.4) is 0 Å². The fraction of sp³-hybridized carbons (Fsp3) is 0.462. The van der Waals surface area contributed by atoms with Crippen LogP contribution in [0.25, 0.3) is 0 Å². The summed E-state index contributed by atoms with van der Waals surface area (Å²) >= 11 is 4.97. The van der Waals surface area contributed by atoms with Crippen LogP contribution in [0.5, 0.6) is 0 Å². The normalized spacial score (nSPS) is 26.9. The van der Waals surface area contributed by atoms with Gasteiger partial charge in [0.25, 0.3) is 0 Å². The van der Waals surface area contributed by atoms with E-state index in [1.54, 1.807) is 0 Å². The minimum atomic E-state index is -3.10. The van der Waals surface area contributed by atoms with Crippen molar-refractivity contribution in [3.8, 4) is 0 Å². The minimum absolute atomic E-state index is 0.0663. The second kappa shape index (κ2) is 4.63. The Morgan fingerprint density at radius 2 is 1.89 bits per heavy atom. The second-order valence-electron chi connectivity index (χ2n) is 4.84. The highest BCUT2D eigenvalue weighted by atomic mass is 32.2. The van der Waals surface area contributed by atoms with Gasteiger partial charge in [-0.2, -0.15) is 0 Å². The molecule has 1 aromatic carbocycles. The Morgan fingerprint density at radius 1 is 1.33 bits per heavy atom. The monoisotopic (exact) mass is 283 g/mol. The van der Waals surface area contributed by atoms with Crippen LogP contribution < -0.4 is 5.73 Å². The topological polar surface area (TPSA) is 60.2 Å². The van der Waals surface area contributed by atoms with Crippen LogP contribution >= 0.6 is 12.2 Å². The van der Waals surface area contributed by atoms with Gasteiger partial charge in [-0.1, -0.05) is 43.4 Å². The zero-order valence-electron chi connectivity index (χ0n) is 10.5. The molecule has 5 heteroatoms. The van der Waals surface area contributed by atoms with Crippen molar-refractivity contribution < 1.29 is 8.42 Å². The van der Waals surface area contributed by atoms with Crippen LogP contribution in [0.4, 0.5) is 0 Å². The first-order valence-electron chi connectivity index (χ1n) is 5.93. The van der Waals surface area contributed by atoms with Gasteiger partial charge in [-0.05, 0) is 17.5 Å². The van der Waals surface area contributed by atoms with E-state index in [-0.39, 0.29) is 11.8 Å². The highest BCUT2D eigenvalue weighted by molar-refractivity contribution is 7.91. The molecule has 1 aliphatic carbocycles. The molecule has 98 valence electrons. The summed E-state index contributed by atoms with van der Waals surface area (Å²) in [7, 11) is -3.10. The molecule has 0 aliphatic heterocycles. The quantitative estimate of drug-likeness (QED) is 0.854. The molecule has 0 heterocycles. The first-order valence-corrected chi connectivity index (χ1v) is 8.29. The van der Waals surface area contributed by atoms with Crippen molar-refractivity contribution in [1.82, 2.24) is 0 Å². The number of thiocarbonyl (C=S) groups is 1. The van der Waals surface area contributed by atoms with Gasteiger partial charge >= 0.3 is 0 Å². The van der Waals surface area contributed by atoms with Gasteiger partial charge in [-0.15, -0.1) is 0 Å². The number of rotatable bonds is 4. The van der Waals surface area contributed by atoms with Crippen molar-refractivity contribution in [2.75, 3.05) is 6.26 Å². The molecule has 0 amide bonds. The zero-order chi connectivity index (χ0) is 13.5. The van der Waals surface area contributed by atoms with E-state index >= 15 is 0 Å². The van der Waals surface area contributed by atoms with E-state index in [0.29, 0.717) is 4.99 Å². The minimum Gasteiger partial charge on any atom is -0.393 e. The maximum Gasteiger partial charge on any atom is 0.151 e. The third kappa shape index (κ3) is 2.42. The predicted molar refractivity (Wildman–Crippen MR) is 77.5 cm³/mol. The largest absolute Gasteiger partial charge is 0.393 e. The second-order valence-corrected chi connectivity index (χ2v) is 7.52. The molecule has 0 aromatic heterocycles. The summed E-state index contributed by atoms with van der Waals surface area (Å²) < 4.78 is 23.4. The highest BCUT2D eigenvalue weighted by Crippen LogP contribution is 2.52. The zero-order valence-corrected chi connectivity index (χ0v) is 12.1. The van der Waals surface area contributed by atoms with Crippen LogP contribution in [0, 0.1) is 5.92 Å². The van der Waals surface area contributed by atoms with E-state index in [0.717, 1.165) is 12.0 Å². The number of aryl methyl sites for hydroxylation is 1. The van der Waals surface area contributed by atoms with Crippen LogP contribution in [0.2, 0.25) is 0 Å². The number of hydrogen-bond acceptors (Lipinski definition) is 3. The van der Waals surface area contributed by atoms with Gasteiger partial charge in [0, 0.05) is 18.1 Å². The summed E-state index contributed by atoms with van der Waals surface area (Å²) in [6.07, 6.45) is 2.22. The molecular formula is C13H17NO2S2. The SMILES string of the molecule is CCc1ccc([C@@H]2[C@H](C(N)=S)[C@@H]2S(C)(=O)=O)cc1. The average Bonchev–Trinajstić information content (AvgIpc) is 3.04. The highest BCUT2D eigenvalue weighted by Gasteiger charge is 2.58. The van der Waals surface area contributed by atoms with Crippen LogP contribution in [-0.4, -0.2) is 24.9 Å². The molecule has 1 saturated carbocycles. The van der Waals surface area contributed by atoms with Gasteiger partial charge in [-0.25, -0.2) is 8.42 Å². The van der Waals surface area contributed by atoms with E-state index < -0.39 is 15.1 Å². The molecule has 0 spiro atoms. The molecule has 18 heavy (non-hydrogen) atoms. The molecule has 2 rings (SSSR count). The standard InChI is InChI=1S/C13H17NO2S2/c1-3-8-4-6-9(7-5-8)10-11(13(14)17)12(10)18(2,15)16/h4-7,10-12H,3H2,1-2H3,(H2,14,17)/t10-,11+,12-/m1/s1. The summed E-state index contributed by atoms with van der Waals surface area (Å²) in [5, 5.41) is -0.442. The lowest BCUT2D eigenvalue weighted by atomic mass is 10.1. The molecule has 0 bridgehead atoms. The smallest absolute Gasteiger partial charge is 0.151 e. The van der Waals surface area contributed by atoms with Gasteiger partial charge in [-0.3, -0.25) is 0 Å². The van der Waals surface area contributed by atoms with Crippen LogP contribution in [-0.2, 0) is 16.3 Å². The third-order valence-electron chi connectivity index (χ3n) is 3.55. The van der Waals surface area contributed by atoms with Crippen molar-refractivity contribution in [1.29, 1.82) is 0 Å². The molecule has 0 saturated heterocycles. The Balaban J connectivity index is 2.30. The molecule has 1 aromatic rings. The summed E-state index contributed by atoms with van der Waals surface area (Å²) in [6, 6.07) is 8.03. The average molecular weight is 283 g/mol. The van der Waals surface area contributed by atoms with E-state index in [1.165, 1.54) is 11.8 Å². The summed E-state index contributed by atoms with van der Waals surface area (Å²) in [5.74, 6) is -0.272. The summed E-state index contributed by atoms with van der Waals surface area (Å²) in [4.78, 5) is 0.301. The van der Waals surface area contributed by atoms with Gasteiger partial charge in [0.1, 0.15) is 0 Å². The van der Waals surface area contributed by atoms with Crippen molar-refractivity contribution in [2.45, 2.75) is 24.5 Å².